The summed E-state index contributed by atoms with van der Waals surface area (Å²) < 4.78 is 6.68. The molecule has 0 aromatic heterocycles. The molecular formula is C24H23BrN2O3. The number of rotatable bonds is 8. The number of carbonyl (C=O) groups is 2. The molecule has 3 aromatic carbocycles. The van der Waals surface area contributed by atoms with Crippen molar-refractivity contribution in [2.24, 2.45) is 0 Å². The molecule has 154 valence electrons. The van der Waals surface area contributed by atoms with Crippen LogP contribution in [0.15, 0.2) is 77.3 Å². The van der Waals surface area contributed by atoms with Crippen molar-refractivity contribution in [2.75, 3.05) is 18.5 Å². The van der Waals surface area contributed by atoms with Crippen molar-refractivity contribution in [3.63, 3.8) is 0 Å². The molecule has 0 aliphatic heterocycles. The predicted octanol–water partition coefficient (Wildman–Crippen LogP) is 5.07. The van der Waals surface area contributed by atoms with Crippen LogP contribution in [0.4, 0.5) is 5.69 Å². The van der Waals surface area contributed by atoms with Crippen LogP contribution >= 0.6 is 15.9 Å². The molecule has 0 aliphatic carbocycles. The van der Waals surface area contributed by atoms with Gasteiger partial charge in [0.2, 0.25) is 0 Å². The summed E-state index contributed by atoms with van der Waals surface area (Å²) in [5.74, 6) is 0.0200. The zero-order chi connectivity index (χ0) is 21.3. The van der Waals surface area contributed by atoms with E-state index in [-0.39, 0.29) is 11.8 Å². The Morgan fingerprint density at radius 3 is 2.50 bits per heavy atom. The molecule has 3 aromatic rings. The van der Waals surface area contributed by atoms with Gasteiger partial charge >= 0.3 is 0 Å². The van der Waals surface area contributed by atoms with Crippen molar-refractivity contribution in [3.05, 3.63) is 94.0 Å². The summed E-state index contributed by atoms with van der Waals surface area (Å²) >= 11 is 3.41. The highest BCUT2D eigenvalue weighted by Gasteiger charge is 2.15. The molecule has 5 nitrogen and oxygen atoms in total. The summed E-state index contributed by atoms with van der Waals surface area (Å²) in [6, 6.07) is 22.2. The van der Waals surface area contributed by atoms with Gasteiger partial charge in [0.15, 0.2) is 0 Å². The average Bonchev–Trinajstić information content (AvgIpc) is 2.76. The summed E-state index contributed by atoms with van der Waals surface area (Å²) in [6.45, 7) is 2.85. The van der Waals surface area contributed by atoms with Crippen molar-refractivity contribution in [1.82, 2.24) is 5.32 Å². The van der Waals surface area contributed by atoms with Crippen LogP contribution in [0.5, 0.6) is 5.75 Å². The van der Waals surface area contributed by atoms with E-state index in [2.05, 4.69) is 26.6 Å². The summed E-state index contributed by atoms with van der Waals surface area (Å²) in [5.41, 5.74) is 2.62. The molecule has 0 atom stereocenters. The molecular weight excluding hydrogens is 444 g/mol. The van der Waals surface area contributed by atoms with E-state index >= 15 is 0 Å². The average molecular weight is 467 g/mol. The van der Waals surface area contributed by atoms with E-state index in [1.807, 2.05) is 43.3 Å². The zero-order valence-electron chi connectivity index (χ0n) is 16.7. The molecule has 0 spiro atoms. The second-order valence-corrected chi connectivity index (χ2v) is 7.53. The number of benzene rings is 3. The summed E-state index contributed by atoms with van der Waals surface area (Å²) in [7, 11) is 0. The molecule has 0 bridgehead atoms. The number of halogens is 1. The molecule has 0 aliphatic rings. The normalized spacial score (nSPS) is 10.3. The SMILES string of the molecule is CCNC(=O)c1cccc(NC(=O)c2cc(Br)ccc2OCCc2ccccc2)c1. The van der Waals surface area contributed by atoms with Gasteiger partial charge in [0.25, 0.3) is 11.8 Å². The summed E-state index contributed by atoms with van der Waals surface area (Å²) in [6.07, 6.45) is 0.743. The van der Waals surface area contributed by atoms with Gasteiger partial charge < -0.3 is 15.4 Å². The highest BCUT2D eigenvalue weighted by atomic mass is 79.9. The Morgan fingerprint density at radius 2 is 1.73 bits per heavy atom. The van der Waals surface area contributed by atoms with Gasteiger partial charge in [-0.05, 0) is 48.9 Å². The standard InChI is InChI=1S/C24H23BrN2O3/c1-2-26-23(28)18-9-6-10-20(15-18)27-24(29)21-16-19(25)11-12-22(21)30-14-13-17-7-4-3-5-8-17/h3-12,15-16H,2,13-14H2,1H3,(H,26,28)(H,27,29). The fourth-order valence-electron chi connectivity index (χ4n) is 2.93. The number of hydrogen-bond acceptors (Lipinski definition) is 3. The van der Waals surface area contributed by atoms with E-state index < -0.39 is 0 Å². The molecule has 2 amide bonds. The van der Waals surface area contributed by atoms with Crippen LogP contribution in [0.25, 0.3) is 0 Å². The Kier molecular flexibility index (Phi) is 7.63. The molecule has 0 unspecified atom stereocenters. The Bertz CT molecular complexity index is 1020. The van der Waals surface area contributed by atoms with E-state index in [9.17, 15) is 9.59 Å². The molecule has 30 heavy (non-hydrogen) atoms. The molecule has 0 radical (unpaired) electrons. The Morgan fingerprint density at radius 1 is 0.933 bits per heavy atom. The lowest BCUT2D eigenvalue weighted by atomic mass is 10.1. The molecule has 0 saturated carbocycles. The smallest absolute Gasteiger partial charge is 0.259 e. The Balaban J connectivity index is 1.71. The van der Waals surface area contributed by atoms with Crippen LogP contribution in [-0.2, 0) is 6.42 Å². The largest absolute Gasteiger partial charge is 0.492 e. The number of hydrogen-bond donors (Lipinski definition) is 2. The molecule has 2 N–H and O–H groups in total. The second kappa shape index (κ2) is 10.6. The first kappa shape index (κ1) is 21.6. The fraction of sp³-hybridized carbons (Fsp3) is 0.167. The summed E-state index contributed by atoms with van der Waals surface area (Å²) in [4.78, 5) is 25.0. The van der Waals surface area contributed by atoms with Gasteiger partial charge in [0.05, 0.1) is 12.2 Å². The van der Waals surface area contributed by atoms with Gasteiger partial charge in [-0.1, -0.05) is 52.3 Å². The van der Waals surface area contributed by atoms with Gasteiger partial charge in [-0.15, -0.1) is 0 Å². The van der Waals surface area contributed by atoms with Gasteiger partial charge in [-0.3, -0.25) is 9.59 Å². The van der Waals surface area contributed by atoms with E-state index in [1.54, 1.807) is 36.4 Å². The lowest BCUT2D eigenvalue weighted by Crippen LogP contribution is -2.22. The van der Waals surface area contributed by atoms with Gasteiger partial charge in [-0.25, -0.2) is 0 Å². The fourth-order valence-corrected chi connectivity index (χ4v) is 3.29. The van der Waals surface area contributed by atoms with E-state index in [1.165, 1.54) is 5.56 Å². The van der Waals surface area contributed by atoms with Crippen molar-refractivity contribution in [2.45, 2.75) is 13.3 Å². The van der Waals surface area contributed by atoms with Gasteiger partial charge in [0.1, 0.15) is 5.75 Å². The number of nitrogens with one attached hydrogen (secondary N) is 2. The van der Waals surface area contributed by atoms with Crippen LogP contribution in [0, 0.1) is 0 Å². The highest BCUT2D eigenvalue weighted by Crippen LogP contribution is 2.25. The first-order chi connectivity index (χ1) is 14.6. The van der Waals surface area contributed by atoms with Crippen molar-refractivity contribution >= 4 is 33.4 Å². The predicted molar refractivity (Wildman–Crippen MR) is 122 cm³/mol. The molecule has 3 rings (SSSR count). The van der Waals surface area contributed by atoms with Gasteiger partial charge in [0, 0.05) is 28.7 Å². The minimum absolute atomic E-state index is 0.180. The first-order valence-corrected chi connectivity index (χ1v) is 10.5. The minimum atomic E-state index is -0.306. The van der Waals surface area contributed by atoms with Crippen molar-refractivity contribution in [1.29, 1.82) is 0 Å². The Labute approximate surface area is 184 Å². The highest BCUT2D eigenvalue weighted by molar-refractivity contribution is 9.10. The first-order valence-electron chi connectivity index (χ1n) is 9.72. The molecule has 6 heteroatoms. The topological polar surface area (TPSA) is 67.4 Å². The quantitative estimate of drug-likeness (QED) is 0.486. The number of amides is 2. The van der Waals surface area contributed by atoms with E-state index in [0.29, 0.717) is 35.7 Å². The van der Waals surface area contributed by atoms with Crippen molar-refractivity contribution < 1.29 is 14.3 Å². The maximum Gasteiger partial charge on any atom is 0.259 e. The second-order valence-electron chi connectivity index (χ2n) is 6.62. The van der Waals surface area contributed by atoms with E-state index in [4.69, 9.17) is 4.74 Å². The van der Waals surface area contributed by atoms with Crippen LogP contribution in [0.2, 0.25) is 0 Å². The van der Waals surface area contributed by atoms with Crippen LogP contribution in [0.3, 0.4) is 0 Å². The molecule has 0 saturated heterocycles. The third kappa shape index (κ3) is 5.94. The molecule has 0 fully saturated rings. The summed E-state index contributed by atoms with van der Waals surface area (Å²) in [5, 5.41) is 5.60. The minimum Gasteiger partial charge on any atom is -0.492 e. The van der Waals surface area contributed by atoms with Gasteiger partial charge in [-0.2, -0.15) is 0 Å². The van der Waals surface area contributed by atoms with Crippen LogP contribution in [0.1, 0.15) is 33.2 Å². The lowest BCUT2D eigenvalue weighted by molar-refractivity contribution is 0.0954. The van der Waals surface area contributed by atoms with Crippen molar-refractivity contribution in [3.8, 4) is 5.75 Å². The monoisotopic (exact) mass is 466 g/mol. The molecule has 0 heterocycles. The maximum atomic E-state index is 12.9. The third-order valence-electron chi connectivity index (χ3n) is 4.40. The Hall–Kier alpha value is -3.12. The van der Waals surface area contributed by atoms with Crippen LogP contribution in [-0.4, -0.2) is 25.0 Å². The number of ether oxygens (including phenoxy) is 1. The number of anilines is 1. The van der Waals surface area contributed by atoms with Crippen LogP contribution < -0.4 is 15.4 Å². The van der Waals surface area contributed by atoms with E-state index in [0.717, 1.165) is 10.9 Å². The third-order valence-corrected chi connectivity index (χ3v) is 4.89. The number of carbonyl (C=O) groups excluding carboxylic acids is 2. The lowest BCUT2D eigenvalue weighted by Gasteiger charge is -2.13. The maximum absolute atomic E-state index is 12.9. The zero-order valence-corrected chi connectivity index (χ0v) is 18.2.